The zero-order chi connectivity index (χ0) is 25.7. The van der Waals surface area contributed by atoms with E-state index in [0.717, 1.165) is 22.4 Å². The highest BCUT2D eigenvalue weighted by Gasteiger charge is 2.24. The lowest BCUT2D eigenvalue weighted by molar-refractivity contribution is -0.115. The number of amides is 1. The zero-order valence-electron chi connectivity index (χ0n) is 19.6. The monoisotopic (exact) mass is 566 g/mol. The molecule has 184 valence electrons. The molecular formula is C27H23BrN2O5S. The third kappa shape index (κ3) is 6.35. The van der Waals surface area contributed by atoms with Gasteiger partial charge in [-0.1, -0.05) is 29.8 Å². The first-order valence-corrected chi connectivity index (χ1v) is 12.7. The fraction of sp³-hybridized carbons (Fsp3) is 0.148. The van der Waals surface area contributed by atoms with Crippen LogP contribution in [0.5, 0.6) is 11.5 Å². The Bertz CT molecular complexity index is 1370. The minimum atomic E-state index is -0.994. The van der Waals surface area contributed by atoms with Crippen molar-refractivity contribution in [1.29, 1.82) is 0 Å². The van der Waals surface area contributed by atoms with Gasteiger partial charge in [0.25, 0.3) is 5.91 Å². The van der Waals surface area contributed by atoms with E-state index in [1.807, 2.05) is 44.2 Å². The summed E-state index contributed by atoms with van der Waals surface area (Å²) < 4.78 is 12.4. The van der Waals surface area contributed by atoms with Crippen LogP contribution in [0.3, 0.4) is 0 Å². The molecule has 3 aromatic carbocycles. The van der Waals surface area contributed by atoms with E-state index in [1.54, 1.807) is 30.3 Å². The number of carbonyl (C=O) groups is 2. The molecule has 1 aliphatic rings. The second-order valence-corrected chi connectivity index (χ2v) is 9.76. The maximum absolute atomic E-state index is 12.5. The van der Waals surface area contributed by atoms with E-state index < -0.39 is 5.97 Å². The van der Waals surface area contributed by atoms with Crippen LogP contribution < -0.4 is 14.8 Å². The maximum atomic E-state index is 12.5. The molecule has 36 heavy (non-hydrogen) atoms. The van der Waals surface area contributed by atoms with Gasteiger partial charge in [0, 0.05) is 0 Å². The first-order chi connectivity index (χ1) is 17.3. The van der Waals surface area contributed by atoms with Gasteiger partial charge in [0.15, 0.2) is 16.7 Å². The summed E-state index contributed by atoms with van der Waals surface area (Å²) in [6.45, 7) is 4.45. The van der Waals surface area contributed by atoms with Crippen molar-refractivity contribution in [2.75, 3.05) is 6.61 Å². The van der Waals surface area contributed by atoms with E-state index in [0.29, 0.717) is 32.7 Å². The minimum absolute atomic E-state index is 0.164. The topological polar surface area (TPSA) is 97.2 Å². The average molecular weight is 567 g/mol. The largest absolute Gasteiger partial charge is 0.490 e. The van der Waals surface area contributed by atoms with Gasteiger partial charge in [-0.25, -0.2) is 9.79 Å². The molecule has 0 aliphatic carbocycles. The number of thioether (sulfide) groups is 1. The van der Waals surface area contributed by atoms with E-state index in [1.165, 1.54) is 17.8 Å². The molecule has 0 aromatic heterocycles. The fourth-order valence-corrected chi connectivity index (χ4v) is 4.81. The third-order valence-corrected chi connectivity index (χ3v) is 6.60. The van der Waals surface area contributed by atoms with Crippen LogP contribution in [-0.2, 0) is 11.4 Å². The van der Waals surface area contributed by atoms with Crippen LogP contribution in [0.2, 0.25) is 0 Å². The summed E-state index contributed by atoms with van der Waals surface area (Å²) in [5.74, 6) is -0.222. The van der Waals surface area contributed by atoms with Crippen LogP contribution in [-0.4, -0.2) is 28.8 Å². The number of benzene rings is 3. The predicted molar refractivity (Wildman–Crippen MR) is 145 cm³/mol. The molecule has 3 aromatic rings. The van der Waals surface area contributed by atoms with Gasteiger partial charge in [-0.3, -0.25) is 4.79 Å². The number of nitrogens with one attached hydrogen (secondary N) is 1. The molecule has 1 aliphatic heterocycles. The van der Waals surface area contributed by atoms with Gasteiger partial charge < -0.3 is 19.9 Å². The van der Waals surface area contributed by atoms with Crippen molar-refractivity contribution in [3.05, 3.63) is 92.3 Å². The molecule has 1 heterocycles. The molecule has 1 saturated heterocycles. The number of nitrogens with zero attached hydrogens (tertiary/aromatic N) is 1. The lowest BCUT2D eigenvalue weighted by Crippen LogP contribution is -2.19. The first-order valence-electron chi connectivity index (χ1n) is 11.1. The minimum Gasteiger partial charge on any atom is -0.490 e. The summed E-state index contributed by atoms with van der Waals surface area (Å²) in [5, 5.41) is 12.5. The second-order valence-electron chi connectivity index (χ2n) is 7.87. The van der Waals surface area contributed by atoms with Gasteiger partial charge in [-0.05, 0) is 95.1 Å². The van der Waals surface area contributed by atoms with Gasteiger partial charge in [0.2, 0.25) is 0 Å². The van der Waals surface area contributed by atoms with Crippen molar-refractivity contribution < 1.29 is 24.2 Å². The average Bonchev–Trinajstić information content (AvgIpc) is 3.18. The zero-order valence-corrected chi connectivity index (χ0v) is 22.0. The fourth-order valence-electron chi connectivity index (χ4n) is 3.39. The van der Waals surface area contributed by atoms with E-state index in [4.69, 9.17) is 9.47 Å². The van der Waals surface area contributed by atoms with Gasteiger partial charge >= 0.3 is 5.97 Å². The smallest absolute Gasteiger partial charge is 0.335 e. The molecule has 1 fully saturated rings. The van der Waals surface area contributed by atoms with Crippen molar-refractivity contribution in [3.63, 3.8) is 0 Å². The Balaban J connectivity index is 1.55. The number of carboxylic acid groups (broad SMARTS) is 1. The molecule has 2 N–H and O–H groups in total. The summed E-state index contributed by atoms with van der Waals surface area (Å²) in [7, 11) is 0. The molecule has 0 unspecified atom stereocenters. The van der Waals surface area contributed by atoms with Gasteiger partial charge in [0.1, 0.15) is 6.61 Å². The highest BCUT2D eigenvalue weighted by Crippen LogP contribution is 2.39. The Hall–Kier alpha value is -3.56. The lowest BCUT2D eigenvalue weighted by Gasteiger charge is -2.15. The van der Waals surface area contributed by atoms with E-state index in [-0.39, 0.29) is 18.1 Å². The number of carboxylic acids is 1. The summed E-state index contributed by atoms with van der Waals surface area (Å²) in [5.41, 5.74) is 3.57. The van der Waals surface area contributed by atoms with Crippen molar-refractivity contribution in [2.45, 2.75) is 20.5 Å². The molecule has 0 saturated carbocycles. The molecule has 9 heteroatoms. The van der Waals surface area contributed by atoms with Crippen molar-refractivity contribution in [2.24, 2.45) is 4.99 Å². The van der Waals surface area contributed by atoms with Crippen LogP contribution in [0.4, 0.5) is 5.69 Å². The normalized spacial score (nSPS) is 15.2. The van der Waals surface area contributed by atoms with Crippen LogP contribution in [0.15, 0.2) is 75.0 Å². The number of carbonyl (C=O) groups excluding carboxylic acids is 1. The molecular weight excluding hydrogens is 544 g/mol. The number of rotatable bonds is 8. The predicted octanol–water partition coefficient (Wildman–Crippen LogP) is 6.33. The Morgan fingerprint density at radius 3 is 2.64 bits per heavy atom. The van der Waals surface area contributed by atoms with Gasteiger partial charge in [-0.15, -0.1) is 0 Å². The Morgan fingerprint density at radius 2 is 1.92 bits per heavy atom. The standard InChI is InChI=1S/C27H23BrN2O5S/c1-3-34-22-13-18(12-21(28)24(22)35-15-17-5-4-6-19(11-17)26(32)33)14-23-25(31)30-27(36-23)29-20-9-7-16(2)8-10-20/h4-14H,3,15H2,1-2H3,(H,32,33)(H,29,30,31)/b23-14+. The Kier molecular flexibility index (Phi) is 8.12. The molecule has 0 bridgehead atoms. The lowest BCUT2D eigenvalue weighted by atomic mass is 10.1. The summed E-state index contributed by atoms with van der Waals surface area (Å²) >= 11 is 4.81. The van der Waals surface area contributed by atoms with Crippen LogP contribution in [0, 0.1) is 6.92 Å². The summed E-state index contributed by atoms with van der Waals surface area (Å²) in [6, 6.07) is 18.0. The molecule has 1 amide bonds. The number of hydrogen-bond acceptors (Lipinski definition) is 6. The number of aryl methyl sites for hydroxylation is 1. The SMILES string of the molecule is CCOc1cc(/C=C2/SC(=Nc3ccc(C)cc3)NC2=O)cc(Br)c1OCc1cccc(C(=O)O)c1. The first kappa shape index (κ1) is 25.5. The number of halogens is 1. The number of aliphatic imine (C=N–C) groups is 1. The van der Waals surface area contributed by atoms with Gasteiger partial charge in [-0.2, -0.15) is 0 Å². The number of hydrogen-bond donors (Lipinski definition) is 2. The van der Waals surface area contributed by atoms with Crippen molar-refractivity contribution in [3.8, 4) is 11.5 Å². The van der Waals surface area contributed by atoms with Crippen molar-refractivity contribution >= 4 is 56.5 Å². The second kappa shape index (κ2) is 11.5. The van der Waals surface area contributed by atoms with Crippen LogP contribution >= 0.6 is 27.7 Å². The van der Waals surface area contributed by atoms with Gasteiger partial charge in [0.05, 0.1) is 27.2 Å². The van der Waals surface area contributed by atoms with E-state index in [2.05, 4.69) is 26.2 Å². The van der Waals surface area contributed by atoms with Crippen LogP contribution in [0.25, 0.3) is 6.08 Å². The highest BCUT2D eigenvalue weighted by molar-refractivity contribution is 9.10. The third-order valence-electron chi connectivity index (χ3n) is 5.10. The number of amidine groups is 1. The van der Waals surface area contributed by atoms with E-state index >= 15 is 0 Å². The van der Waals surface area contributed by atoms with E-state index in [9.17, 15) is 14.7 Å². The number of ether oxygens (including phenoxy) is 2. The Morgan fingerprint density at radius 1 is 1.14 bits per heavy atom. The Labute approximate surface area is 221 Å². The molecule has 0 radical (unpaired) electrons. The maximum Gasteiger partial charge on any atom is 0.335 e. The number of aromatic carboxylic acids is 1. The molecule has 4 rings (SSSR count). The van der Waals surface area contributed by atoms with Crippen LogP contribution in [0.1, 0.15) is 34.0 Å². The summed E-state index contributed by atoms with van der Waals surface area (Å²) in [4.78, 5) is 28.8. The molecule has 0 atom stereocenters. The highest BCUT2D eigenvalue weighted by atomic mass is 79.9. The van der Waals surface area contributed by atoms with Crippen molar-refractivity contribution in [1.82, 2.24) is 5.32 Å². The summed E-state index contributed by atoms with van der Waals surface area (Å²) in [6.07, 6.45) is 1.77. The molecule has 7 nitrogen and oxygen atoms in total. The quantitative estimate of drug-likeness (QED) is 0.309. The molecule has 0 spiro atoms.